The molecular weight excluding hydrogens is 296 g/mol. The summed E-state index contributed by atoms with van der Waals surface area (Å²) < 4.78 is 1.17. The number of amidine groups is 1. The summed E-state index contributed by atoms with van der Waals surface area (Å²) in [7, 11) is 0. The first-order valence-corrected chi connectivity index (χ1v) is 7.73. The lowest BCUT2D eigenvalue weighted by Crippen LogP contribution is -2.22. The topological polar surface area (TPSA) is 38.4 Å². The molecule has 0 saturated heterocycles. The van der Waals surface area contributed by atoms with Crippen molar-refractivity contribution in [2.24, 2.45) is 16.6 Å². The van der Waals surface area contributed by atoms with Crippen molar-refractivity contribution in [1.29, 1.82) is 0 Å². The zero-order valence-corrected chi connectivity index (χ0v) is 11.9. The van der Waals surface area contributed by atoms with E-state index >= 15 is 0 Å². The van der Waals surface area contributed by atoms with Crippen LogP contribution in [0, 0.1) is 5.92 Å². The minimum Gasteiger partial charge on any atom is -0.379 e. The Labute approximate surface area is 114 Å². The first-order chi connectivity index (χ1) is 8.24. The molecule has 1 aromatic rings. The van der Waals surface area contributed by atoms with Gasteiger partial charge in [0.15, 0.2) is 5.17 Å². The van der Waals surface area contributed by atoms with Gasteiger partial charge in [-0.3, -0.25) is 4.99 Å². The summed E-state index contributed by atoms with van der Waals surface area (Å²) >= 11 is 5.22. The van der Waals surface area contributed by atoms with Gasteiger partial charge in [-0.15, -0.1) is 0 Å². The van der Waals surface area contributed by atoms with Gasteiger partial charge < -0.3 is 5.73 Å². The predicted molar refractivity (Wildman–Crippen MR) is 77.5 cm³/mol. The SMILES string of the molecule is NC1=NC([C@@H]2C[C@H]2c2cccc(Br)c2)CCS1. The van der Waals surface area contributed by atoms with Crippen LogP contribution in [0.2, 0.25) is 0 Å². The second-order valence-electron chi connectivity index (χ2n) is 4.73. The van der Waals surface area contributed by atoms with E-state index < -0.39 is 0 Å². The number of nitrogens with zero attached hydrogens (tertiary/aromatic N) is 1. The van der Waals surface area contributed by atoms with Gasteiger partial charge in [-0.1, -0.05) is 39.8 Å². The van der Waals surface area contributed by atoms with Crippen LogP contribution in [0.5, 0.6) is 0 Å². The summed E-state index contributed by atoms with van der Waals surface area (Å²) in [5, 5.41) is 0.779. The molecule has 0 radical (unpaired) electrons. The van der Waals surface area contributed by atoms with E-state index in [2.05, 4.69) is 45.2 Å². The minimum absolute atomic E-state index is 0.459. The quantitative estimate of drug-likeness (QED) is 0.909. The molecule has 0 aromatic heterocycles. The molecule has 4 heteroatoms. The van der Waals surface area contributed by atoms with Crippen LogP contribution >= 0.6 is 27.7 Å². The highest BCUT2D eigenvalue weighted by Crippen LogP contribution is 2.52. The summed E-state index contributed by atoms with van der Waals surface area (Å²) in [6.07, 6.45) is 2.45. The van der Waals surface area contributed by atoms with Gasteiger partial charge in [0.2, 0.25) is 0 Å². The largest absolute Gasteiger partial charge is 0.379 e. The number of hydrogen-bond donors (Lipinski definition) is 1. The Kier molecular flexibility index (Phi) is 3.17. The molecule has 2 N–H and O–H groups in total. The third-order valence-electron chi connectivity index (χ3n) is 3.57. The van der Waals surface area contributed by atoms with Crippen LogP contribution in [0.1, 0.15) is 24.3 Å². The Morgan fingerprint density at radius 2 is 2.29 bits per heavy atom. The number of rotatable bonds is 2. The molecule has 1 aliphatic heterocycles. The second-order valence-corrected chi connectivity index (χ2v) is 6.76. The van der Waals surface area contributed by atoms with E-state index in [0.29, 0.717) is 17.9 Å². The van der Waals surface area contributed by atoms with Crippen LogP contribution in [-0.2, 0) is 0 Å². The highest BCUT2D eigenvalue weighted by molar-refractivity contribution is 9.10. The molecule has 90 valence electrons. The fourth-order valence-electron chi connectivity index (χ4n) is 2.62. The molecule has 1 unspecified atom stereocenters. The molecule has 0 bridgehead atoms. The molecule has 3 rings (SSSR count). The van der Waals surface area contributed by atoms with Gasteiger partial charge in [-0.05, 0) is 42.4 Å². The van der Waals surface area contributed by atoms with Gasteiger partial charge in [-0.2, -0.15) is 0 Å². The molecule has 1 saturated carbocycles. The first-order valence-electron chi connectivity index (χ1n) is 5.95. The Bertz CT molecular complexity index is 460. The van der Waals surface area contributed by atoms with Crippen molar-refractivity contribution in [3.8, 4) is 0 Å². The van der Waals surface area contributed by atoms with E-state index in [1.807, 2.05) is 0 Å². The monoisotopic (exact) mass is 310 g/mol. The normalized spacial score (nSPS) is 32.1. The molecule has 17 heavy (non-hydrogen) atoms. The Balaban J connectivity index is 1.72. The molecule has 1 aromatic carbocycles. The highest BCUT2D eigenvalue weighted by atomic mass is 79.9. The zero-order chi connectivity index (χ0) is 11.8. The minimum atomic E-state index is 0.459. The summed E-state index contributed by atoms with van der Waals surface area (Å²) in [6, 6.07) is 9.10. The van der Waals surface area contributed by atoms with Gasteiger partial charge in [-0.25, -0.2) is 0 Å². The summed E-state index contributed by atoms with van der Waals surface area (Å²) in [6.45, 7) is 0. The van der Waals surface area contributed by atoms with E-state index in [0.717, 1.165) is 10.9 Å². The van der Waals surface area contributed by atoms with Crippen molar-refractivity contribution in [3.63, 3.8) is 0 Å². The lowest BCUT2D eigenvalue weighted by Gasteiger charge is -2.17. The maximum atomic E-state index is 5.80. The smallest absolute Gasteiger partial charge is 0.154 e. The van der Waals surface area contributed by atoms with Gasteiger partial charge in [0.1, 0.15) is 0 Å². The van der Waals surface area contributed by atoms with Crippen LogP contribution < -0.4 is 5.73 Å². The van der Waals surface area contributed by atoms with Crippen molar-refractivity contribution in [2.75, 3.05) is 5.75 Å². The van der Waals surface area contributed by atoms with Gasteiger partial charge in [0, 0.05) is 10.2 Å². The van der Waals surface area contributed by atoms with Crippen molar-refractivity contribution >= 4 is 32.9 Å². The van der Waals surface area contributed by atoms with Crippen LogP contribution in [-0.4, -0.2) is 17.0 Å². The molecule has 0 amide bonds. The Morgan fingerprint density at radius 3 is 3.06 bits per heavy atom. The van der Waals surface area contributed by atoms with Crippen LogP contribution in [0.25, 0.3) is 0 Å². The van der Waals surface area contributed by atoms with Crippen molar-refractivity contribution in [2.45, 2.75) is 24.8 Å². The number of aliphatic imine (C=N–C) groups is 1. The van der Waals surface area contributed by atoms with Gasteiger partial charge in [0.25, 0.3) is 0 Å². The number of hydrogen-bond acceptors (Lipinski definition) is 3. The van der Waals surface area contributed by atoms with Gasteiger partial charge >= 0.3 is 0 Å². The van der Waals surface area contributed by atoms with E-state index in [1.54, 1.807) is 11.8 Å². The van der Waals surface area contributed by atoms with E-state index in [4.69, 9.17) is 5.73 Å². The summed E-state index contributed by atoms with van der Waals surface area (Å²) in [5.41, 5.74) is 7.25. The van der Waals surface area contributed by atoms with Crippen molar-refractivity contribution in [1.82, 2.24) is 0 Å². The van der Waals surface area contributed by atoms with Crippen molar-refractivity contribution < 1.29 is 0 Å². The lowest BCUT2D eigenvalue weighted by molar-refractivity contribution is 0.568. The van der Waals surface area contributed by atoms with E-state index in [1.165, 1.54) is 22.9 Å². The number of benzene rings is 1. The van der Waals surface area contributed by atoms with Crippen LogP contribution in [0.3, 0.4) is 0 Å². The molecule has 1 heterocycles. The lowest BCUT2D eigenvalue weighted by atomic mass is 10.0. The second kappa shape index (κ2) is 4.65. The standard InChI is InChI=1S/C13H15BrN2S/c14-9-3-1-2-8(6-9)10-7-11(10)12-4-5-17-13(15)16-12/h1-3,6,10-12H,4-5,7H2,(H2,15,16)/t10-,11+,12?/m0/s1. The fourth-order valence-corrected chi connectivity index (χ4v) is 3.82. The molecule has 2 aliphatic rings. The highest BCUT2D eigenvalue weighted by Gasteiger charge is 2.44. The van der Waals surface area contributed by atoms with Crippen LogP contribution in [0.15, 0.2) is 33.7 Å². The third kappa shape index (κ3) is 2.52. The molecule has 0 spiro atoms. The third-order valence-corrected chi connectivity index (χ3v) is 4.90. The molecular formula is C13H15BrN2S. The number of thioether (sulfide) groups is 1. The average molecular weight is 311 g/mol. The average Bonchev–Trinajstić information content (AvgIpc) is 3.09. The summed E-state index contributed by atoms with van der Waals surface area (Å²) in [5.74, 6) is 2.53. The first kappa shape index (κ1) is 11.6. The van der Waals surface area contributed by atoms with Crippen molar-refractivity contribution in [3.05, 3.63) is 34.3 Å². The predicted octanol–water partition coefficient (Wildman–Crippen LogP) is 3.37. The number of nitrogens with two attached hydrogens (primary N) is 1. The maximum Gasteiger partial charge on any atom is 0.154 e. The molecule has 1 fully saturated rings. The maximum absolute atomic E-state index is 5.80. The Hall–Kier alpha value is -0.480. The Morgan fingerprint density at radius 1 is 1.41 bits per heavy atom. The van der Waals surface area contributed by atoms with Crippen LogP contribution in [0.4, 0.5) is 0 Å². The molecule has 1 aliphatic carbocycles. The van der Waals surface area contributed by atoms with Gasteiger partial charge in [0.05, 0.1) is 6.04 Å². The molecule has 2 nitrogen and oxygen atoms in total. The zero-order valence-electron chi connectivity index (χ0n) is 9.47. The summed E-state index contributed by atoms with van der Waals surface area (Å²) in [4.78, 5) is 4.59. The van der Waals surface area contributed by atoms with E-state index in [-0.39, 0.29) is 0 Å². The number of halogens is 1. The fraction of sp³-hybridized carbons (Fsp3) is 0.462. The van der Waals surface area contributed by atoms with E-state index in [9.17, 15) is 0 Å². The molecule has 3 atom stereocenters.